The number of halogens is 1. The molecule has 0 fully saturated rings. The summed E-state index contributed by atoms with van der Waals surface area (Å²) in [6.07, 6.45) is 3.99. The molecule has 2 N–H and O–H groups in total. The Morgan fingerprint density at radius 2 is 1.96 bits per heavy atom. The number of nitrogens with zero attached hydrogens (tertiary/aromatic N) is 2. The zero-order valence-corrected chi connectivity index (χ0v) is 17.1. The topological polar surface area (TPSA) is 71.7 Å². The molecule has 0 aliphatic rings. The van der Waals surface area contributed by atoms with Gasteiger partial charge in [0.2, 0.25) is 0 Å². The van der Waals surface area contributed by atoms with E-state index in [0.29, 0.717) is 13.2 Å². The average Bonchev–Trinajstić information content (AvgIpc) is 2.95. The molecule has 0 bridgehead atoms. The van der Waals surface area contributed by atoms with Gasteiger partial charge < -0.3 is 19.9 Å². The maximum atomic E-state index is 5.52. The van der Waals surface area contributed by atoms with Gasteiger partial charge >= 0.3 is 0 Å². The summed E-state index contributed by atoms with van der Waals surface area (Å²) in [4.78, 5) is 4.22. The van der Waals surface area contributed by atoms with E-state index in [9.17, 15) is 0 Å². The van der Waals surface area contributed by atoms with Gasteiger partial charge in [0.25, 0.3) is 0 Å². The van der Waals surface area contributed by atoms with Crippen LogP contribution in [0.15, 0.2) is 9.52 Å². The standard InChI is InChI=1S/C16H30N4O2.HI/c1-5-8-10-21-11-9-18-16(17-4)19-12-13-14(6-2)20-22-15(13)7-3;/h5-12H2,1-4H3,(H2,17,18,19);1H. The minimum atomic E-state index is 0. The summed E-state index contributed by atoms with van der Waals surface area (Å²) in [5.41, 5.74) is 2.16. The summed E-state index contributed by atoms with van der Waals surface area (Å²) < 4.78 is 10.9. The Bertz CT molecular complexity index is 428. The van der Waals surface area contributed by atoms with Gasteiger partial charge in [0, 0.05) is 38.7 Å². The van der Waals surface area contributed by atoms with Crippen molar-refractivity contribution in [2.45, 2.75) is 53.0 Å². The van der Waals surface area contributed by atoms with Crippen LogP contribution in [0.2, 0.25) is 0 Å². The van der Waals surface area contributed by atoms with E-state index in [4.69, 9.17) is 9.26 Å². The summed E-state index contributed by atoms with van der Waals surface area (Å²) in [6.45, 7) is 9.25. The van der Waals surface area contributed by atoms with Crippen LogP contribution in [0.5, 0.6) is 0 Å². The van der Waals surface area contributed by atoms with E-state index in [0.717, 1.165) is 61.8 Å². The molecule has 0 saturated heterocycles. The molecule has 0 unspecified atom stereocenters. The molecule has 1 heterocycles. The maximum absolute atomic E-state index is 5.52. The highest BCUT2D eigenvalue weighted by Gasteiger charge is 2.13. The molecule has 0 aromatic carbocycles. The van der Waals surface area contributed by atoms with E-state index in [1.54, 1.807) is 7.05 Å². The van der Waals surface area contributed by atoms with E-state index in [1.807, 2.05) is 0 Å². The van der Waals surface area contributed by atoms with Gasteiger partial charge in [-0.3, -0.25) is 4.99 Å². The molecule has 6 nitrogen and oxygen atoms in total. The fourth-order valence-corrected chi connectivity index (χ4v) is 2.12. The number of rotatable bonds is 10. The molecule has 1 aromatic heterocycles. The molecule has 134 valence electrons. The predicted molar refractivity (Wildman–Crippen MR) is 105 cm³/mol. The second kappa shape index (κ2) is 13.6. The Morgan fingerprint density at radius 1 is 1.17 bits per heavy atom. The predicted octanol–water partition coefficient (Wildman–Crippen LogP) is 2.90. The van der Waals surface area contributed by atoms with Gasteiger partial charge in [-0.25, -0.2) is 0 Å². The summed E-state index contributed by atoms with van der Waals surface area (Å²) in [5.74, 6) is 1.71. The maximum Gasteiger partial charge on any atom is 0.191 e. The van der Waals surface area contributed by atoms with E-state index in [2.05, 4.69) is 41.6 Å². The van der Waals surface area contributed by atoms with Crippen molar-refractivity contribution in [1.29, 1.82) is 0 Å². The number of hydrogen-bond donors (Lipinski definition) is 2. The molecule has 7 heteroatoms. The Hall–Kier alpha value is -0.830. The SMILES string of the molecule is CCCCOCCNC(=NC)NCc1c(CC)noc1CC.I. The van der Waals surface area contributed by atoms with Gasteiger partial charge in [-0.2, -0.15) is 0 Å². The van der Waals surface area contributed by atoms with Crippen molar-refractivity contribution in [3.8, 4) is 0 Å². The Labute approximate surface area is 156 Å². The molecule has 0 aliphatic carbocycles. The summed E-state index contributed by atoms with van der Waals surface area (Å²) in [6, 6.07) is 0. The third kappa shape index (κ3) is 8.01. The molecular weight excluding hydrogens is 407 g/mol. The highest BCUT2D eigenvalue weighted by molar-refractivity contribution is 14.0. The summed E-state index contributed by atoms with van der Waals surface area (Å²) in [5, 5.41) is 10.7. The number of nitrogens with one attached hydrogen (secondary N) is 2. The van der Waals surface area contributed by atoms with Crippen molar-refractivity contribution in [1.82, 2.24) is 15.8 Å². The number of ether oxygens (including phenoxy) is 1. The van der Waals surface area contributed by atoms with Gasteiger partial charge in [0.15, 0.2) is 5.96 Å². The molecule has 0 amide bonds. The number of unbranched alkanes of at least 4 members (excludes halogenated alkanes) is 1. The number of aromatic nitrogens is 1. The van der Waals surface area contributed by atoms with E-state index < -0.39 is 0 Å². The van der Waals surface area contributed by atoms with E-state index in [-0.39, 0.29) is 24.0 Å². The highest BCUT2D eigenvalue weighted by atomic mass is 127. The third-order valence-corrected chi connectivity index (χ3v) is 3.44. The van der Waals surface area contributed by atoms with Crippen molar-refractivity contribution in [3.05, 3.63) is 17.0 Å². The molecule has 0 atom stereocenters. The fourth-order valence-electron chi connectivity index (χ4n) is 2.12. The molecule has 1 aromatic rings. The zero-order chi connectivity index (χ0) is 16.2. The fraction of sp³-hybridized carbons (Fsp3) is 0.750. The summed E-state index contributed by atoms with van der Waals surface area (Å²) >= 11 is 0. The van der Waals surface area contributed by atoms with Crippen LogP contribution in [0.3, 0.4) is 0 Å². The minimum Gasteiger partial charge on any atom is -0.380 e. The Balaban J connectivity index is 0.00000484. The molecule has 0 saturated carbocycles. The van der Waals surface area contributed by atoms with Crippen LogP contribution in [0.25, 0.3) is 0 Å². The lowest BCUT2D eigenvalue weighted by Gasteiger charge is -2.12. The molecule has 0 radical (unpaired) electrons. The molecule has 23 heavy (non-hydrogen) atoms. The molecule has 1 rings (SSSR count). The third-order valence-electron chi connectivity index (χ3n) is 3.44. The lowest BCUT2D eigenvalue weighted by atomic mass is 10.1. The molecular formula is C16H31IN4O2. The number of hydrogen-bond acceptors (Lipinski definition) is 4. The molecule has 0 spiro atoms. The van der Waals surface area contributed by atoms with E-state index >= 15 is 0 Å². The van der Waals surface area contributed by atoms with Crippen LogP contribution in [0.4, 0.5) is 0 Å². The second-order valence-electron chi connectivity index (χ2n) is 5.06. The van der Waals surface area contributed by atoms with Crippen LogP contribution in [-0.4, -0.2) is 37.9 Å². The van der Waals surface area contributed by atoms with Crippen molar-refractivity contribution in [2.24, 2.45) is 4.99 Å². The largest absolute Gasteiger partial charge is 0.380 e. The van der Waals surface area contributed by atoms with Crippen LogP contribution in [0, 0.1) is 0 Å². The van der Waals surface area contributed by atoms with Gasteiger partial charge in [0.05, 0.1) is 12.3 Å². The zero-order valence-electron chi connectivity index (χ0n) is 14.8. The van der Waals surface area contributed by atoms with Crippen molar-refractivity contribution < 1.29 is 9.26 Å². The molecule has 0 aliphatic heterocycles. The number of aryl methyl sites for hydroxylation is 2. The van der Waals surface area contributed by atoms with Gasteiger partial charge in [-0.15, -0.1) is 24.0 Å². The minimum absolute atomic E-state index is 0. The monoisotopic (exact) mass is 438 g/mol. The average molecular weight is 438 g/mol. The van der Waals surface area contributed by atoms with E-state index in [1.165, 1.54) is 0 Å². The first-order valence-corrected chi connectivity index (χ1v) is 8.25. The van der Waals surface area contributed by atoms with Crippen LogP contribution < -0.4 is 10.6 Å². The van der Waals surface area contributed by atoms with Crippen LogP contribution in [-0.2, 0) is 24.1 Å². The van der Waals surface area contributed by atoms with Crippen molar-refractivity contribution in [2.75, 3.05) is 26.8 Å². The first-order valence-electron chi connectivity index (χ1n) is 8.25. The number of guanidine groups is 1. The lowest BCUT2D eigenvalue weighted by molar-refractivity contribution is 0.136. The van der Waals surface area contributed by atoms with Crippen LogP contribution in [0.1, 0.15) is 50.6 Å². The first kappa shape index (κ1) is 22.2. The lowest BCUT2D eigenvalue weighted by Crippen LogP contribution is -2.38. The smallest absolute Gasteiger partial charge is 0.191 e. The van der Waals surface area contributed by atoms with Crippen molar-refractivity contribution in [3.63, 3.8) is 0 Å². The summed E-state index contributed by atoms with van der Waals surface area (Å²) in [7, 11) is 1.77. The van der Waals surface area contributed by atoms with Crippen LogP contribution >= 0.6 is 24.0 Å². The normalized spacial score (nSPS) is 11.2. The van der Waals surface area contributed by atoms with Gasteiger partial charge in [0.1, 0.15) is 5.76 Å². The van der Waals surface area contributed by atoms with Gasteiger partial charge in [-0.1, -0.05) is 32.3 Å². The highest BCUT2D eigenvalue weighted by Crippen LogP contribution is 2.15. The first-order chi connectivity index (χ1) is 10.8. The number of aliphatic imine (C=N–C) groups is 1. The van der Waals surface area contributed by atoms with Crippen molar-refractivity contribution >= 4 is 29.9 Å². The Kier molecular flexibility index (Phi) is 13.1. The quantitative estimate of drug-likeness (QED) is 0.255. The second-order valence-corrected chi connectivity index (χ2v) is 5.06. The van der Waals surface area contributed by atoms with Gasteiger partial charge in [-0.05, 0) is 12.8 Å². The Morgan fingerprint density at radius 3 is 2.57 bits per heavy atom.